The molecule has 1 aliphatic carbocycles. The fourth-order valence-electron chi connectivity index (χ4n) is 2.88. The highest BCUT2D eigenvalue weighted by Gasteiger charge is 2.47. The van der Waals surface area contributed by atoms with E-state index >= 15 is 0 Å². The lowest BCUT2D eigenvalue weighted by molar-refractivity contribution is -0.153. The average Bonchev–Trinajstić information content (AvgIpc) is 2.36. The number of carboxylic acid groups (broad SMARTS) is 1. The minimum Gasteiger partial charge on any atom is -0.481 e. The molecule has 1 amide bonds. The van der Waals surface area contributed by atoms with Crippen LogP contribution in [0.25, 0.3) is 0 Å². The normalized spacial score (nSPS) is 28.2. The standard InChI is InChI=1S/C15H27NO7S/c1-6-15(12(17)18)8-7-11(23-24(5,20)21)10(9-15)16-13(19)22-14(2,3)4/h10-11H,6-9H2,1-5H3,(H,16,19)(H,17,18)/t10-,11-,15+/m1/s1. The van der Waals surface area contributed by atoms with Crippen molar-refractivity contribution in [1.82, 2.24) is 5.32 Å². The summed E-state index contributed by atoms with van der Waals surface area (Å²) in [4.78, 5) is 23.7. The molecule has 2 N–H and O–H groups in total. The summed E-state index contributed by atoms with van der Waals surface area (Å²) in [6.45, 7) is 6.86. The Hall–Kier alpha value is -1.35. The van der Waals surface area contributed by atoms with Gasteiger partial charge in [-0.3, -0.25) is 8.98 Å². The Labute approximate surface area is 143 Å². The number of rotatable bonds is 5. The molecule has 0 aliphatic heterocycles. The summed E-state index contributed by atoms with van der Waals surface area (Å²) in [6.07, 6.45) is 0.340. The van der Waals surface area contributed by atoms with Gasteiger partial charge in [0.25, 0.3) is 10.1 Å². The van der Waals surface area contributed by atoms with Crippen molar-refractivity contribution < 1.29 is 32.0 Å². The van der Waals surface area contributed by atoms with Gasteiger partial charge in [0.2, 0.25) is 0 Å². The van der Waals surface area contributed by atoms with Crippen LogP contribution in [0.5, 0.6) is 0 Å². The van der Waals surface area contributed by atoms with Crippen molar-refractivity contribution in [3.8, 4) is 0 Å². The van der Waals surface area contributed by atoms with Crippen LogP contribution in [0, 0.1) is 5.41 Å². The predicted octanol–water partition coefficient (Wildman–Crippen LogP) is 1.89. The Morgan fingerprint density at radius 1 is 1.33 bits per heavy atom. The number of carbonyl (C=O) groups excluding carboxylic acids is 1. The largest absolute Gasteiger partial charge is 0.481 e. The zero-order valence-electron chi connectivity index (χ0n) is 14.8. The quantitative estimate of drug-likeness (QED) is 0.714. The maximum atomic E-state index is 12.0. The van der Waals surface area contributed by atoms with Gasteiger partial charge in [-0.15, -0.1) is 0 Å². The molecule has 1 fully saturated rings. The summed E-state index contributed by atoms with van der Waals surface area (Å²) in [6, 6.07) is -0.764. The van der Waals surface area contributed by atoms with Crippen molar-refractivity contribution in [1.29, 1.82) is 0 Å². The van der Waals surface area contributed by atoms with Crippen molar-refractivity contribution in [2.45, 2.75) is 71.1 Å². The van der Waals surface area contributed by atoms with E-state index in [1.165, 1.54) is 0 Å². The molecule has 1 aliphatic rings. The van der Waals surface area contributed by atoms with E-state index in [4.69, 9.17) is 8.92 Å². The second-order valence-electron chi connectivity index (χ2n) is 7.27. The Morgan fingerprint density at radius 3 is 2.33 bits per heavy atom. The lowest BCUT2D eigenvalue weighted by Gasteiger charge is -2.41. The smallest absolute Gasteiger partial charge is 0.407 e. The van der Waals surface area contributed by atoms with E-state index in [-0.39, 0.29) is 19.3 Å². The fourth-order valence-corrected chi connectivity index (χ4v) is 3.56. The topological polar surface area (TPSA) is 119 Å². The third kappa shape index (κ3) is 5.94. The third-order valence-electron chi connectivity index (χ3n) is 4.10. The Bertz CT molecular complexity index is 581. The Morgan fingerprint density at radius 2 is 1.92 bits per heavy atom. The molecular formula is C15H27NO7S. The monoisotopic (exact) mass is 365 g/mol. The van der Waals surface area contributed by atoms with Gasteiger partial charge in [-0.25, -0.2) is 4.79 Å². The lowest BCUT2D eigenvalue weighted by Crippen LogP contribution is -2.54. The average molecular weight is 365 g/mol. The van der Waals surface area contributed by atoms with Gasteiger partial charge in [0.15, 0.2) is 0 Å². The molecule has 9 heteroatoms. The van der Waals surface area contributed by atoms with Gasteiger partial charge >= 0.3 is 12.1 Å². The molecule has 0 radical (unpaired) electrons. The van der Waals surface area contributed by atoms with Crippen molar-refractivity contribution in [2.75, 3.05) is 6.26 Å². The predicted molar refractivity (Wildman–Crippen MR) is 87.1 cm³/mol. The number of carbonyl (C=O) groups is 2. The lowest BCUT2D eigenvalue weighted by atomic mass is 9.69. The van der Waals surface area contributed by atoms with Crippen LogP contribution in [0.3, 0.4) is 0 Å². The molecule has 1 rings (SSSR count). The minimum absolute atomic E-state index is 0.0816. The van der Waals surface area contributed by atoms with Gasteiger partial charge in [-0.1, -0.05) is 6.92 Å². The van der Waals surface area contributed by atoms with Gasteiger partial charge in [0.1, 0.15) is 5.60 Å². The molecule has 0 bridgehead atoms. The molecule has 1 saturated carbocycles. The Kier molecular flexibility index (Phi) is 6.26. The van der Waals surface area contributed by atoms with Crippen LogP contribution in [0.15, 0.2) is 0 Å². The molecule has 0 saturated heterocycles. The molecule has 140 valence electrons. The van der Waals surface area contributed by atoms with Gasteiger partial charge in [-0.2, -0.15) is 8.42 Å². The number of hydrogen-bond acceptors (Lipinski definition) is 6. The second kappa shape index (κ2) is 7.26. The van der Waals surface area contributed by atoms with Gasteiger partial charge in [-0.05, 0) is 46.5 Å². The second-order valence-corrected chi connectivity index (χ2v) is 8.87. The molecule has 0 heterocycles. The van der Waals surface area contributed by atoms with Crippen LogP contribution in [-0.2, 0) is 23.8 Å². The summed E-state index contributed by atoms with van der Waals surface area (Å²) in [5.74, 6) is -0.959. The van der Waals surface area contributed by atoms with Crippen LogP contribution in [0.2, 0.25) is 0 Å². The number of carboxylic acids is 1. The van der Waals surface area contributed by atoms with Gasteiger partial charge < -0.3 is 15.2 Å². The number of nitrogens with one attached hydrogen (secondary N) is 1. The molecule has 0 aromatic carbocycles. The van der Waals surface area contributed by atoms with E-state index in [1.54, 1.807) is 27.7 Å². The van der Waals surface area contributed by atoms with Crippen LogP contribution in [0.1, 0.15) is 53.4 Å². The molecule has 0 aromatic rings. The molecule has 3 atom stereocenters. The van der Waals surface area contributed by atoms with Crippen LogP contribution in [-0.4, -0.2) is 49.6 Å². The third-order valence-corrected chi connectivity index (χ3v) is 4.69. The van der Waals surface area contributed by atoms with Crippen molar-refractivity contribution in [2.24, 2.45) is 5.41 Å². The molecule has 0 aromatic heterocycles. The van der Waals surface area contributed by atoms with E-state index in [1.807, 2.05) is 0 Å². The van der Waals surface area contributed by atoms with Gasteiger partial charge in [0, 0.05) is 0 Å². The number of hydrogen-bond donors (Lipinski definition) is 2. The summed E-state index contributed by atoms with van der Waals surface area (Å²) in [5, 5.41) is 12.1. The van der Waals surface area contributed by atoms with E-state index < -0.39 is 45.3 Å². The highest BCUT2D eigenvalue weighted by molar-refractivity contribution is 7.86. The van der Waals surface area contributed by atoms with Crippen LogP contribution < -0.4 is 5.32 Å². The highest BCUT2D eigenvalue weighted by atomic mass is 32.2. The molecule has 0 unspecified atom stereocenters. The fraction of sp³-hybridized carbons (Fsp3) is 0.867. The minimum atomic E-state index is -3.73. The number of ether oxygens (including phenoxy) is 1. The van der Waals surface area contributed by atoms with E-state index in [2.05, 4.69) is 5.32 Å². The molecule has 24 heavy (non-hydrogen) atoms. The highest BCUT2D eigenvalue weighted by Crippen LogP contribution is 2.41. The summed E-state index contributed by atoms with van der Waals surface area (Å²) in [7, 11) is -3.73. The summed E-state index contributed by atoms with van der Waals surface area (Å²) >= 11 is 0. The van der Waals surface area contributed by atoms with E-state index in [0.717, 1.165) is 6.26 Å². The van der Waals surface area contributed by atoms with E-state index in [9.17, 15) is 23.1 Å². The van der Waals surface area contributed by atoms with Crippen LogP contribution in [0.4, 0.5) is 4.79 Å². The zero-order chi connectivity index (χ0) is 18.8. The number of amides is 1. The van der Waals surface area contributed by atoms with E-state index in [0.29, 0.717) is 6.42 Å². The molecular weight excluding hydrogens is 338 g/mol. The first-order chi connectivity index (χ1) is 10.8. The summed E-state index contributed by atoms with van der Waals surface area (Å²) in [5.41, 5.74) is -1.74. The van der Waals surface area contributed by atoms with Crippen molar-refractivity contribution in [3.63, 3.8) is 0 Å². The first-order valence-electron chi connectivity index (χ1n) is 7.89. The molecule has 8 nitrogen and oxygen atoms in total. The van der Waals surface area contributed by atoms with Crippen LogP contribution >= 0.6 is 0 Å². The maximum absolute atomic E-state index is 12.0. The number of alkyl carbamates (subject to hydrolysis) is 1. The van der Waals surface area contributed by atoms with Crippen molar-refractivity contribution in [3.05, 3.63) is 0 Å². The SMILES string of the molecule is CC[C@]1(C(=O)O)CC[C@@H](OS(C)(=O)=O)[C@H](NC(=O)OC(C)(C)C)C1. The summed E-state index contributed by atoms with van der Waals surface area (Å²) < 4.78 is 33.1. The van der Waals surface area contributed by atoms with Gasteiger partial charge in [0.05, 0.1) is 23.8 Å². The molecule has 0 spiro atoms. The zero-order valence-corrected chi connectivity index (χ0v) is 15.6. The van der Waals surface area contributed by atoms with Crippen molar-refractivity contribution >= 4 is 22.2 Å². The first kappa shape index (κ1) is 20.7. The number of aliphatic carboxylic acids is 1. The Balaban J connectivity index is 2.98. The first-order valence-corrected chi connectivity index (χ1v) is 9.71. The maximum Gasteiger partial charge on any atom is 0.407 e.